The highest BCUT2D eigenvalue weighted by Crippen LogP contribution is 2.23. The minimum Gasteiger partial charge on any atom is -0.494 e. The molecule has 1 amide bonds. The topological polar surface area (TPSA) is 51.9 Å². The van der Waals surface area contributed by atoms with Crippen molar-refractivity contribution in [1.29, 1.82) is 0 Å². The van der Waals surface area contributed by atoms with E-state index < -0.39 is 0 Å². The molecule has 0 aliphatic carbocycles. The molecule has 3 rings (SSSR count). The molecule has 0 spiro atoms. The van der Waals surface area contributed by atoms with Gasteiger partial charge in [-0.15, -0.1) is 11.8 Å². The van der Waals surface area contributed by atoms with E-state index in [1.54, 1.807) is 6.26 Å². The van der Waals surface area contributed by atoms with Crippen LogP contribution in [0.4, 0.5) is 0 Å². The van der Waals surface area contributed by atoms with Gasteiger partial charge in [0.25, 0.3) is 0 Å². The van der Waals surface area contributed by atoms with Crippen molar-refractivity contribution in [1.82, 2.24) is 4.90 Å². The van der Waals surface area contributed by atoms with Crippen LogP contribution in [0.25, 0.3) is 0 Å². The van der Waals surface area contributed by atoms with Crippen LogP contribution in [-0.2, 0) is 16.1 Å². The molecule has 1 aromatic carbocycles. The Hall–Kier alpha value is -1.92. The van der Waals surface area contributed by atoms with E-state index in [1.165, 1.54) is 11.8 Å². The maximum absolute atomic E-state index is 12.8. The molecule has 1 saturated heterocycles. The minimum absolute atomic E-state index is 0.0933. The lowest BCUT2D eigenvalue weighted by Gasteiger charge is -2.24. The van der Waals surface area contributed by atoms with Gasteiger partial charge in [0, 0.05) is 18.0 Å². The highest BCUT2D eigenvalue weighted by molar-refractivity contribution is 8.00. The first-order valence-corrected chi connectivity index (χ1v) is 10.0. The largest absolute Gasteiger partial charge is 0.494 e. The van der Waals surface area contributed by atoms with E-state index in [4.69, 9.17) is 13.9 Å². The summed E-state index contributed by atoms with van der Waals surface area (Å²) in [4.78, 5) is 15.7. The molecule has 140 valence electrons. The van der Waals surface area contributed by atoms with Crippen LogP contribution >= 0.6 is 11.8 Å². The number of hydrogen-bond donors (Lipinski definition) is 0. The molecule has 6 heteroatoms. The summed E-state index contributed by atoms with van der Waals surface area (Å²) in [6.07, 6.45) is 3.84. The summed E-state index contributed by atoms with van der Waals surface area (Å²) in [6, 6.07) is 11.6. The minimum atomic E-state index is 0.0933. The van der Waals surface area contributed by atoms with E-state index >= 15 is 0 Å². The van der Waals surface area contributed by atoms with Gasteiger partial charge in [0.1, 0.15) is 11.5 Å². The molecule has 0 bridgehead atoms. The third-order valence-corrected chi connectivity index (χ3v) is 5.22. The Kier molecular flexibility index (Phi) is 7.03. The van der Waals surface area contributed by atoms with Gasteiger partial charge in [0.2, 0.25) is 5.91 Å². The fourth-order valence-electron chi connectivity index (χ4n) is 2.91. The smallest absolute Gasteiger partial charge is 0.233 e. The summed E-state index contributed by atoms with van der Waals surface area (Å²) >= 11 is 1.54. The van der Waals surface area contributed by atoms with Gasteiger partial charge in [-0.2, -0.15) is 0 Å². The average Bonchev–Trinajstić information content (AvgIpc) is 3.35. The van der Waals surface area contributed by atoms with Crippen LogP contribution in [0.5, 0.6) is 5.75 Å². The van der Waals surface area contributed by atoms with E-state index in [2.05, 4.69) is 0 Å². The molecule has 26 heavy (non-hydrogen) atoms. The number of rotatable bonds is 9. The number of carbonyl (C=O) groups is 1. The predicted octanol–water partition coefficient (Wildman–Crippen LogP) is 3.98. The fraction of sp³-hybridized carbons (Fsp3) is 0.450. The van der Waals surface area contributed by atoms with Crippen molar-refractivity contribution in [2.75, 3.05) is 25.5 Å². The van der Waals surface area contributed by atoms with E-state index in [0.717, 1.165) is 35.9 Å². The quantitative estimate of drug-likeness (QED) is 0.621. The molecule has 0 N–H and O–H groups in total. The molecule has 2 heterocycles. The third-order valence-electron chi connectivity index (χ3n) is 4.22. The zero-order valence-corrected chi connectivity index (χ0v) is 15.9. The lowest BCUT2D eigenvalue weighted by atomic mass is 10.2. The number of ether oxygens (including phenoxy) is 2. The maximum Gasteiger partial charge on any atom is 0.233 e. The van der Waals surface area contributed by atoms with Crippen LogP contribution in [-0.4, -0.2) is 42.4 Å². The van der Waals surface area contributed by atoms with Crippen molar-refractivity contribution < 1.29 is 18.7 Å². The zero-order valence-electron chi connectivity index (χ0n) is 15.1. The summed E-state index contributed by atoms with van der Waals surface area (Å²) in [5.74, 6) is 2.13. The molecule has 1 atom stereocenters. The van der Waals surface area contributed by atoms with Crippen molar-refractivity contribution in [2.24, 2.45) is 0 Å². The summed E-state index contributed by atoms with van der Waals surface area (Å²) in [5.41, 5.74) is 0. The molecule has 0 radical (unpaired) electrons. The molecule has 1 aliphatic rings. The molecule has 5 nitrogen and oxygen atoms in total. The number of benzene rings is 1. The number of nitrogens with zero attached hydrogens (tertiary/aromatic N) is 1. The van der Waals surface area contributed by atoms with Crippen molar-refractivity contribution >= 4 is 17.7 Å². The zero-order chi connectivity index (χ0) is 18.2. The second kappa shape index (κ2) is 9.69. The highest BCUT2D eigenvalue weighted by atomic mass is 32.2. The van der Waals surface area contributed by atoms with Gasteiger partial charge in [0.05, 0.1) is 31.3 Å². The number of furan rings is 1. The first-order chi connectivity index (χ1) is 12.7. The standard InChI is InChI=1S/C20H25NO4S/c1-2-23-16-7-9-19(10-8-16)26-15-20(22)21(13-17-5-3-11-24-17)14-18-6-4-12-25-18/h3,5,7-11,18H,2,4,6,12-15H2,1H3. The number of carbonyl (C=O) groups excluding carboxylic acids is 1. The Bertz CT molecular complexity index is 666. The third kappa shape index (κ3) is 5.54. The number of hydrogen-bond acceptors (Lipinski definition) is 5. The van der Waals surface area contributed by atoms with E-state index in [1.807, 2.05) is 48.2 Å². The highest BCUT2D eigenvalue weighted by Gasteiger charge is 2.23. The Balaban J connectivity index is 1.56. The molecular formula is C20H25NO4S. The van der Waals surface area contributed by atoms with Crippen LogP contribution in [0.3, 0.4) is 0 Å². The first kappa shape index (κ1) is 18.9. The second-order valence-electron chi connectivity index (χ2n) is 6.18. The van der Waals surface area contributed by atoms with Gasteiger partial charge < -0.3 is 18.8 Å². The van der Waals surface area contributed by atoms with Crippen LogP contribution < -0.4 is 4.74 Å². The molecule has 1 aliphatic heterocycles. The lowest BCUT2D eigenvalue weighted by molar-refractivity contribution is -0.130. The van der Waals surface area contributed by atoms with Gasteiger partial charge >= 0.3 is 0 Å². The lowest BCUT2D eigenvalue weighted by Crippen LogP contribution is -2.37. The average molecular weight is 375 g/mol. The number of thioether (sulfide) groups is 1. The van der Waals surface area contributed by atoms with Gasteiger partial charge in [0.15, 0.2) is 0 Å². The van der Waals surface area contributed by atoms with Crippen LogP contribution in [0.2, 0.25) is 0 Å². The van der Waals surface area contributed by atoms with Crippen molar-refractivity contribution in [2.45, 2.75) is 37.3 Å². The molecule has 1 fully saturated rings. The fourth-order valence-corrected chi connectivity index (χ4v) is 3.72. The van der Waals surface area contributed by atoms with Gasteiger partial charge in [-0.3, -0.25) is 4.79 Å². The Morgan fingerprint density at radius 1 is 1.31 bits per heavy atom. The summed E-state index contributed by atoms with van der Waals surface area (Å²) in [5, 5.41) is 0. The monoisotopic (exact) mass is 375 g/mol. The Labute approximate surface area is 158 Å². The molecule has 1 aromatic heterocycles. The predicted molar refractivity (Wildman–Crippen MR) is 101 cm³/mol. The first-order valence-electron chi connectivity index (χ1n) is 9.02. The summed E-state index contributed by atoms with van der Waals surface area (Å²) in [7, 11) is 0. The van der Waals surface area contributed by atoms with E-state index in [9.17, 15) is 4.79 Å². The second-order valence-corrected chi connectivity index (χ2v) is 7.23. The Morgan fingerprint density at radius 2 is 2.15 bits per heavy atom. The maximum atomic E-state index is 12.8. The summed E-state index contributed by atoms with van der Waals surface area (Å²) in [6.45, 7) is 4.49. The number of amides is 1. The molecule has 0 saturated carbocycles. The SMILES string of the molecule is CCOc1ccc(SCC(=O)N(Cc2ccco2)CC2CCCO2)cc1. The van der Waals surface area contributed by atoms with Crippen molar-refractivity contribution in [3.8, 4) is 5.75 Å². The van der Waals surface area contributed by atoms with E-state index in [0.29, 0.717) is 25.4 Å². The Morgan fingerprint density at radius 3 is 2.81 bits per heavy atom. The van der Waals surface area contributed by atoms with Crippen LogP contribution in [0.1, 0.15) is 25.5 Å². The van der Waals surface area contributed by atoms with Crippen LogP contribution in [0.15, 0.2) is 52.0 Å². The molecule has 1 unspecified atom stereocenters. The van der Waals surface area contributed by atoms with Crippen molar-refractivity contribution in [3.63, 3.8) is 0 Å². The normalized spacial score (nSPS) is 16.6. The molecule has 2 aromatic rings. The van der Waals surface area contributed by atoms with Gasteiger partial charge in [-0.05, 0) is 56.2 Å². The van der Waals surface area contributed by atoms with Gasteiger partial charge in [-0.1, -0.05) is 0 Å². The van der Waals surface area contributed by atoms with Crippen LogP contribution in [0, 0.1) is 0 Å². The van der Waals surface area contributed by atoms with Gasteiger partial charge in [-0.25, -0.2) is 0 Å². The molecular weight excluding hydrogens is 350 g/mol. The van der Waals surface area contributed by atoms with Crippen molar-refractivity contribution in [3.05, 3.63) is 48.4 Å². The summed E-state index contributed by atoms with van der Waals surface area (Å²) < 4.78 is 16.6. The van der Waals surface area contributed by atoms with E-state index in [-0.39, 0.29) is 12.0 Å².